The summed E-state index contributed by atoms with van der Waals surface area (Å²) in [6.45, 7) is 2.01. The minimum Gasteiger partial charge on any atom is -0.393 e. The number of aromatic nitrogens is 1. The van der Waals surface area contributed by atoms with Crippen LogP contribution in [0.25, 0.3) is 0 Å². The van der Waals surface area contributed by atoms with Gasteiger partial charge in [-0.15, -0.1) is 11.3 Å². The first-order valence-electron chi connectivity index (χ1n) is 4.80. The highest BCUT2D eigenvalue weighted by Crippen LogP contribution is 2.12. The van der Waals surface area contributed by atoms with Crippen molar-refractivity contribution in [3.8, 4) is 0 Å². The van der Waals surface area contributed by atoms with Gasteiger partial charge in [-0.3, -0.25) is 4.98 Å². The summed E-state index contributed by atoms with van der Waals surface area (Å²) >= 11 is 1.59. The van der Waals surface area contributed by atoms with Crippen LogP contribution >= 0.6 is 11.3 Å². The molecule has 4 heteroatoms. The number of aliphatic hydroxyl groups is 1. The highest BCUT2D eigenvalue weighted by molar-refractivity contribution is 7.09. The Labute approximate surface area is 88.8 Å². The summed E-state index contributed by atoms with van der Waals surface area (Å²) in [6.07, 6.45) is 4.16. The number of hydrogen-bond acceptors (Lipinski definition) is 4. The Balaban J connectivity index is 2.19. The Morgan fingerprint density at radius 2 is 2.36 bits per heavy atom. The largest absolute Gasteiger partial charge is 0.393 e. The molecule has 2 unspecified atom stereocenters. The summed E-state index contributed by atoms with van der Waals surface area (Å²) < 4.78 is 5.11. The Morgan fingerprint density at radius 1 is 1.57 bits per heavy atom. The third-order valence-corrected chi connectivity index (χ3v) is 3.03. The lowest BCUT2D eigenvalue weighted by atomic mass is 10.1. The standard InChI is InChI=1S/C10H17NO2S/c1-8(13-2)3-4-9(12)5-10-6-11-7-14-10/h6-9,12H,3-5H2,1-2H3. The fraction of sp³-hybridized carbons (Fsp3) is 0.700. The van der Waals surface area contributed by atoms with Crippen LogP contribution in [0, 0.1) is 0 Å². The summed E-state index contributed by atoms with van der Waals surface area (Å²) in [5.41, 5.74) is 1.79. The second kappa shape index (κ2) is 6.11. The molecular formula is C10H17NO2S. The van der Waals surface area contributed by atoms with Crippen LogP contribution in [0.1, 0.15) is 24.6 Å². The highest BCUT2D eigenvalue weighted by Gasteiger charge is 2.09. The second-order valence-corrected chi connectivity index (χ2v) is 4.42. The second-order valence-electron chi connectivity index (χ2n) is 3.45. The van der Waals surface area contributed by atoms with E-state index in [9.17, 15) is 5.11 Å². The van der Waals surface area contributed by atoms with Crippen LogP contribution in [0.5, 0.6) is 0 Å². The van der Waals surface area contributed by atoms with Gasteiger partial charge in [-0.2, -0.15) is 0 Å². The maximum atomic E-state index is 9.69. The predicted octanol–water partition coefficient (Wildman–Crippen LogP) is 1.86. The maximum Gasteiger partial charge on any atom is 0.0794 e. The van der Waals surface area contributed by atoms with Crippen molar-refractivity contribution in [3.63, 3.8) is 0 Å². The van der Waals surface area contributed by atoms with Gasteiger partial charge in [-0.1, -0.05) is 0 Å². The van der Waals surface area contributed by atoms with Crippen molar-refractivity contribution in [3.05, 3.63) is 16.6 Å². The number of thiazole rings is 1. The number of nitrogens with zero attached hydrogens (tertiary/aromatic N) is 1. The fourth-order valence-corrected chi connectivity index (χ4v) is 1.89. The van der Waals surface area contributed by atoms with E-state index in [4.69, 9.17) is 4.74 Å². The van der Waals surface area contributed by atoms with E-state index in [-0.39, 0.29) is 12.2 Å². The van der Waals surface area contributed by atoms with Gasteiger partial charge in [0.2, 0.25) is 0 Å². The predicted molar refractivity (Wildman–Crippen MR) is 57.5 cm³/mol. The van der Waals surface area contributed by atoms with Crippen molar-refractivity contribution in [2.24, 2.45) is 0 Å². The third kappa shape index (κ3) is 4.17. The van der Waals surface area contributed by atoms with E-state index in [1.54, 1.807) is 24.0 Å². The van der Waals surface area contributed by atoms with Crippen molar-refractivity contribution in [2.45, 2.75) is 38.4 Å². The molecule has 0 radical (unpaired) electrons. The van der Waals surface area contributed by atoms with Crippen LogP contribution in [-0.4, -0.2) is 29.4 Å². The van der Waals surface area contributed by atoms with Gasteiger partial charge in [-0.05, 0) is 19.8 Å². The van der Waals surface area contributed by atoms with E-state index >= 15 is 0 Å². The lowest BCUT2D eigenvalue weighted by molar-refractivity contribution is 0.0853. The summed E-state index contributed by atoms with van der Waals surface area (Å²) in [6, 6.07) is 0. The van der Waals surface area contributed by atoms with Gasteiger partial charge in [-0.25, -0.2) is 0 Å². The molecule has 0 aliphatic carbocycles. The smallest absolute Gasteiger partial charge is 0.0794 e. The Hall–Kier alpha value is -0.450. The molecule has 80 valence electrons. The Bertz CT molecular complexity index is 238. The molecule has 0 aliphatic rings. The molecule has 0 saturated heterocycles. The summed E-state index contributed by atoms with van der Waals surface area (Å²) in [5.74, 6) is 0. The average molecular weight is 215 g/mol. The van der Waals surface area contributed by atoms with Crippen LogP contribution in [-0.2, 0) is 11.2 Å². The maximum absolute atomic E-state index is 9.69. The first-order valence-corrected chi connectivity index (χ1v) is 5.68. The van der Waals surface area contributed by atoms with E-state index in [1.165, 1.54) is 0 Å². The number of methoxy groups -OCH3 is 1. The van der Waals surface area contributed by atoms with Crippen LogP contribution in [0.4, 0.5) is 0 Å². The third-order valence-electron chi connectivity index (χ3n) is 2.23. The number of ether oxygens (including phenoxy) is 1. The zero-order valence-electron chi connectivity index (χ0n) is 8.64. The molecule has 0 saturated carbocycles. The zero-order chi connectivity index (χ0) is 10.4. The molecule has 1 rings (SSSR count). The van der Waals surface area contributed by atoms with Crippen LogP contribution in [0.2, 0.25) is 0 Å². The van der Waals surface area contributed by atoms with Crippen LogP contribution < -0.4 is 0 Å². The van der Waals surface area contributed by atoms with Gasteiger partial charge in [0.05, 0.1) is 17.7 Å². The summed E-state index contributed by atoms with van der Waals surface area (Å²) in [4.78, 5) is 5.11. The molecule has 0 aromatic carbocycles. The lowest BCUT2D eigenvalue weighted by Crippen LogP contribution is -2.14. The molecule has 0 spiro atoms. The molecule has 1 heterocycles. The monoisotopic (exact) mass is 215 g/mol. The molecule has 0 aliphatic heterocycles. The van der Waals surface area contributed by atoms with Crippen molar-refractivity contribution >= 4 is 11.3 Å². The SMILES string of the molecule is COC(C)CCC(O)Cc1cncs1. The van der Waals surface area contributed by atoms with Crippen LogP contribution in [0.3, 0.4) is 0 Å². The first-order chi connectivity index (χ1) is 6.72. The van der Waals surface area contributed by atoms with Gasteiger partial charge in [0.25, 0.3) is 0 Å². The van der Waals surface area contributed by atoms with Crippen molar-refractivity contribution in [1.82, 2.24) is 4.98 Å². The van der Waals surface area contributed by atoms with Crippen molar-refractivity contribution in [2.75, 3.05) is 7.11 Å². The normalized spacial score (nSPS) is 15.4. The number of hydrogen-bond donors (Lipinski definition) is 1. The molecule has 1 aromatic heterocycles. The molecular weight excluding hydrogens is 198 g/mol. The molecule has 3 nitrogen and oxygen atoms in total. The molecule has 1 aromatic rings. The quantitative estimate of drug-likeness (QED) is 0.787. The lowest BCUT2D eigenvalue weighted by Gasteiger charge is -2.12. The van der Waals surface area contributed by atoms with Gasteiger partial charge in [0.15, 0.2) is 0 Å². The van der Waals surface area contributed by atoms with Crippen molar-refractivity contribution in [1.29, 1.82) is 0 Å². The van der Waals surface area contributed by atoms with E-state index < -0.39 is 0 Å². The molecule has 2 atom stereocenters. The summed E-state index contributed by atoms with van der Waals surface area (Å²) in [5, 5.41) is 9.69. The Morgan fingerprint density at radius 3 is 2.93 bits per heavy atom. The Kier molecular flexibility index (Phi) is 5.07. The molecule has 14 heavy (non-hydrogen) atoms. The topological polar surface area (TPSA) is 42.4 Å². The van der Waals surface area contributed by atoms with Gasteiger partial charge < -0.3 is 9.84 Å². The van der Waals surface area contributed by atoms with E-state index in [0.29, 0.717) is 6.42 Å². The molecule has 0 bridgehead atoms. The fourth-order valence-electron chi connectivity index (χ4n) is 1.22. The number of rotatable bonds is 6. The van der Waals surface area contributed by atoms with E-state index in [2.05, 4.69) is 4.98 Å². The van der Waals surface area contributed by atoms with E-state index in [0.717, 1.165) is 17.7 Å². The first kappa shape index (κ1) is 11.6. The van der Waals surface area contributed by atoms with E-state index in [1.807, 2.05) is 13.1 Å². The van der Waals surface area contributed by atoms with Gasteiger partial charge in [0, 0.05) is 24.6 Å². The van der Waals surface area contributed by atoms with Gasteiger partial charge >= 0.3 is 0 Å². The molecule has 0 fully saturated rings. The van der Waals surface area contributed by atoms with Gasteiger partial charge in [0.1, 0.15) is 0 Å². The minimum atomic E-state index is -0.270. The number of aliphatic hydroxyl groups excluding tert-OH is 1. The highest BCUT2D eigenvalue weighted by atomic mass is 32.1. The molecule has 1 N–H and O–H groups in total. The zero-order valence-corrected chi connectivity index (χ0v) is 9.46. The molecule has 0 amide bonds. The average Bonchev–Trinajstić information content (AvgIpc) is 2.66. The van der Waals surface area contributed by atoms with Crippen molar-refractivity contribution < 1.29 is 9.84 Å². The minimum absolute atomic E-state index is 0.228. The van der Waals surface area contributed by atoms with Crippen LogP contribution in [0.15, 0.2) is 11.7 Å². The summed E-state index contributed by atoms with van der Waals surface area (Å²) in [7, 11) is 1.69.